The van der Waals surface area contributed by atoms with Gasteiger partial charge in [0.05, 0.1) is 23.7 Å². The average Bonchev–Trinajstić information content (AvgIpc) is 3.15. The first kappa shape index (κ1) is 15.9. The summed E-state index contributed by atoms with van der Waals surface area (Å²) in [6.45, 7) is 4.48. The highest BCUT2D eigenvalue weighted by atomic mass is 16.3. The number of carbonyl (C=O) groups is 2. The first-order chi connectivity index (χ1) is 10.6. The van der Waals surface area contributed by atoms with Crippen molar-refractivity contribution >= 4 is 11.8 Å². The number of hydrogen-bond donors (Lipinski definition) is 2. The maximum Gasteiger partial charge on any atom is 0.254 e. The third-order valence-corrected chi connectivity index (χ3v) is 3.17. The summed E-state index contributed by atoms with van der Waals surface area (Å²) in [4.78, 5) is 24.0. The topological polar surface area (TPSA) is 84.5 Å². The third kappa shape index (κ3) is 4.51. The van der Waals surface area contributed by atoms with Crippen molar-refractivity contribution in [3.05, 3.63) is 48.3 Å². The summed E-state index contributed by atoms with van der Waals surface area (Å²) >= 11 is 0. The highest BCUT2D eigenvalue weighted by molar-refractivity contribution is 5.95. The van der Waals surface area contributed by atoms with Crippen LogP contribution in [0, 0.1) is 5.92 Å². The first-order valence-corrected chi connectivity index (χ1v) is 7.19. The van der Waals surface area contributed by atoms with E-state index in [-0.39, 0.29) is 17.9 Å². The predicted molar refractivity (Wildman–Crippen MR) is 80.5 cm³/mol. The Hall–Kier alpha value is -2.50. The molecule has 2 rings (SSSR count). The van der Waals surface area contributed by atoms with Gasteiger partial charge in [0, 0.05) is 12.6 Å². The molecule has 6 nitrogen and oxygen atoms in total. The Morgan fingerprint density at radius 1 is 1.05 bits per heavy atom. The molecule has 2 aromatic heterocycles. The van der Waals surface area contributed by atoms with Crippen molar-refractivity contribution in [1.29, 1.82) is 0 Å². The molecule has 0 bridgehead atoms. The van der Waals surface area contributed by atoms with Crippen LogP contribution in [0.2, 0.25) is 0 Å². The van der Waals surface area contributed by atoms with E-state index >= 15 is 0 Å². The Morgan fingerprint density at radius 2 is 1.64 bits per heavy atom. The molecule has 0 aliphatic rings. The Balaban J connectivity index is 1.91. The Labute approximate surface area is 128 Å². The highest BCUT2D eigenvalue weighted by Crippen LogP contribution is 2.07. The normalized spacial score (nSPS) is 12.1. The molecule has 0 aromatic carbocycles. The molecule has 0 radical (unpaired) electrons. The van der Waals surface area contributed by atoms with Gasteiger partial charge in [-0.1, -0.05) is 13.8 Å². The van der Waals surface area contributed by atoms with Gasteiger partial charge in [-0.2, -0.15) is 0 Å². The number of hydrogen-bond acceptors (Lipinski definition) is 4. The van der Waals surface area contributed by atoms with Gasteiger partial charge in [0.15, 0.2) is 0 Å². The van der Waals surface area contributed by atoms with Crippen molar-refractivity contribution in [1.82, 2.24) is 10.6 Å². The fraction of sp³-hybridized carbons (Fsp3) is 0.375. The van der Waals surface area contributed by atoms with Gasteiger partial charge in [-0.05, 0) is 24.5 Å². The van der Waals surface area contributed by atoms with Crippen molar-refractivity contribution < 1.29 is 18.4 Å². The molecule has 6 heteroatoms. The Bertz CT molecular complexity index is 588. The molecule has 1 unspecified atom stereocenters. The summed E-state index contributed by atoms with van der Waals surface area (Å²) in [5.41, 5.74) is 0.930. The minimum absolute atomic E-state index is 0.154. The fourth-order valence-electron chi connectivity index (χ4n) is 2.14. The van der Waals surface area contributed by atoms with Crippen molar-refractivity contribution in [2.24, 2.45) is 5.92 Å². The summed E-state index contributed by atoms with van der Waals surface area (Å²) in [6, 6.07) is 3.04. The van der Waals surface area contributed by atoms with E-state index in [0.29, 0.717) is 23.6 Å². The van der Waals surface area contributed by atoms with Crippen LogP contribution in [0.3, 0.4) is 0 Å². The molecule has 1 atom stereocenters. The predicted octanol–water partition coefficient (Wildman–Crippen LogP) is 2.45. The largest absolute Gasteiger partial charge is 0.472 e. The molecule has 22 heavy (non-hydrogen) atoms. The van der Waals surface area contributed by atoms with Crippen molar-refractivity contribution in [2.75, 3.05) is 6.54 Å². The minimum Gasteiger partial charge on any atom is -0.472 e. The second kappa shape index (κ2) is 7.49. The number of rotatable bonds is 7. The van der Waals surface area contributed by atoms with Crippen LogP contribution in [-0.4, -0.2) is 24.4 Å². The van der Waals surface area contributed by atoms with Crippen LogP contribution >= 0.6 is 0 Å². The minimum atomic E-state index is -0.222. The number of amides is 2. The van der Waals surface area contributed by atoms with E-state index in [2.05, 4.69) is 24.5 Å². The maximum atomic E-state index is 12.1. The van der Waals surface area contributed by atoms with Crippen LogP contribution in [0.15, 0.2) is 46.0 Å². The van der Waals surface area contributed by atoms with Crippen LogP contribution < -0.4 is 10.6 Å². The summed E-state index contributed by atoms with van der Waals surface area (Å²) < 4.78 is 9.78. The smallest absolute Gasteiger partial charge is 0.254 e. The maximum absolute atomic E-state index is 12.1. The van der Waals surface area contributed by atoms with Crippen LogP contribution in [-0.2, 0) is 0 Å². The zero-order chi connectivity index (χ0) is 15.9. The molecule has 118 valence electrons. The lowest BCUT2D eigenvalue weighted by Crippen LogP contribution is -2.44. The molecular formula is C16H20N2O4. The molecule has 2 heterocycles. The van der Waals surface area contributed by atoms with Gasteiger partial charge >= 0.3 is 0 Å². The lowest BCUT2D eigenvalue weighted by molar-refractivity contribution is 0.0902. The molecule has 0 spiro atoms. The Morgan fingerprint density at radius 3 is 2.14 bits per heavy atom. The van der Waals surface area contributed by atoms with Crippen molar-refractivity contribution in [2.45, 2.75) is 26.3 Å². The van der Waals surface area contributed by atoms with Gasteiger partial charge < -0.3 is 19.5 Å². The first-order valence-electron chi connectivity index (χ1n) is 7.19. The standard InChI is InChI=1S/C16H20N2O4/c1-11(2)7-14(18-16(20)13-4-6-22-10-13)8-17-15(19)12-3-5-21-9-12/h3-6,9-11,14H,7-8H2,1-2H3,(H,17,19)(H,18,20). The molecule has 0 saturated heterocycles. The van der Waals surface area contributed by atoms with E-state index in [1.165, 1.54) is 25.1 Å². The quantitative estimate of drug-likeness (QED) is 0.823. The summed E-state index contributed by atoms with van der Waals surface area (Å²) in [5.74, 6) is -0.0440. The van der Waals surface area contributed by atoms with Crippen LogP contribution in [0.4, 0.5) is 0 Å². The van der Waals surface area contributed by atoms with Gasteiger partial charge in [-0.3, -0.25) is 9.59 Å². The SMILES string of the molecule is CC(C)CC(CNC(=O)c1ccoc1)NC(=O)c1ccoc1. The van der Waals surface area contributed by atoms with E-state index in [4.69, 9.17) is 8.83 Å². The summed E-state index contributed by atoms with van der Waals surface area (Å²) in [7, 11) is 0. The number of furan rings is 2. The third-order valence-electron chi connectivity index (χ3n) is 3.17. The van der Waals surface area contributed by atoms with Crippen molar-refractivity contribution in [3.8, 4) is 0 Å². The number of nitrogens with one attached hydrogen (secondary N) is 2. The van der Waals surface area contributed by atoms with E-state index in [0.717, 1.165) is 6.42 Å². The average molecular weight is 304 g/mol. The van der Waals surface area contributed by atoms with Crippen LogP contribution in [0.5, 0.6) is 0 Å². The van der Waals surface area contributed by atoms with E-state index in [1.54, 1.807) is 12.1 Å². The molecule has 2 aromatic rings. The second-order valence-corrected chi connectivity index (χ2v) is 5.53. The fourth-order valence-corrected chi connectivity index (χ4v) is 2.14. The van der Waals surface area contributed by atoms with Gasteiger partial charge in [0.2, 0.25) is 0 Å². The molecule has 2 amide bonds. The highest BCUT2D eigenvalue weighted by Gasteiger charge is 2.17. The van der Waals surface area contributed by atoms with Crippen molar-refractivity contribution in [3.63, 3.8) is 0 Å². The zero-order valence-electron chi connectivity index (χ0n) is 12.7. The van der Waals surface area contributed by atoms with E-state index in [9.17, 15) is 9.59 Å². The van der Waals surface area contributed by atoms with Gasteiger partial charge in [0.1, 0.15) is 12.5 Å². The molecule has 0 fully saturated rings. The summed E-state index contributed by atoms with van der Waals surface area (Å²) in [6.07, 6.45) is 6.44. The lowest BCUT2D eigenvalue weighted by Gasteiger charge is -2.20. The molecular weight excluding hydrogens is 284 g/mol. The molecule has 0 aliphatic heterocycles. The zero-order valence-corrected chi connectivity index (χ0v) is 12.7. The van der Waals surface area contributed by atoms with Crippen LogP contribution in [0.1, 0.15) is 41.0 Å². The van der Waals surface area contributed by atoms with E-state index in [1.807, 2.05) is 0 Å². The lowest BCUT2D eigenvalue weighted by atomic mass is 10.0. The number of carbonyl (C=O) groups excluding carboxylic acids is 2. The molecule has 2 N–H and O–H groups in total. The van der Waals surface area contributed by atoms with Gasteiger partial charge in [-0.25, -0.2) is 0 Å². The van der Waals surface area contributed by atoms with Gasteiger partial charge in [0.25, 0.3) is 11.8 Å². The van der Waals surface area contributed by atoms with Crippen LogP contribution in [0.25, 0.3) is 0 Å². The molecule has 0 aliphatic carbocycles. The summed E-state index contributed by atoms with van der Waals surface area (Å²) in [5, 5.41) is 5.72. The monoisotopic (exact) mass is 304 g/mol. The second-order valence-electron chi connectivity index (χ2n) is 5.53. The Kier molecular flexibility index (Phi) is 5.41. The van der Waals surface area contributed by atoms with Gasteiger partial charge in [-0.15, -0.1) is 0 Å². The molecule has 0 saturated carbocycles. The van der Waals surface area contributed by atoms with E-state index < -0.39 is 0 Å².